The molecular weight excluding hydrogens is 234 g/mol. The minimum atomic E-state index is 0.237. The SMILES string of the molecule is Cc1ccc(Nc2cnc(C(N)=S)cn2)cn1. The summed E-state index contributed by atoms with van der Waals surface area (Å²) in [4.78, 5) is 12.6. The van der Waals surface area contributed by atoms with Gasteiger partial charge < -0.3 is 11.1 Å². The molecule has 0 spiro atoms. The van der Waals surface area contributed by atoms with Crippen LogP contribution in [0.25, 0.3) is 0 Å². The van der Waals surface area contributed by atoms with Gasteiger partial charge in [0.1, 0.15) is 16.5 Å². The van der Waals surface area contributed by atoms with Crippen molar-refractivity contribution in [2.45, 2.75) is 6.92 Å². The van der Waals surface area contributed by atoms with Gasteiger partial charge in [-0.1, -0.05) is 12.2 Å². The van der Waals surface area contributed by atoms with Gasteiger partial charge >= 0.3 is 0 Å². The molecule has 2 rings (SSSR count). The Bertz CT molecular complexity index is 521. The van der Waals surface area contributed by atoms with Gasteiger partial charge in [0, 0.05) is 5.69 Å². The predicted molar refractivity (Wildman–Crippen MR) is 70.2 cm³/mol. The Labute approximate surface area is 104 Å². The summed E-state index contributed by atoms with van der Waals surface area (Å²) in [5, 5.41) is 3.08. The fraction of sp³-hybridized carbons (Fsp3) is 0.0909. The first kappa shape index (κ1) is 11.4. The van der Waals surface area contributed by atoms with Crippen LogP contribution in [0.2, 0.25) is 0 Å². The third-order valence-corrected chi connectivity index (χ3v) is 2.30. The van der Waals surface area contributed by atoms with E-state index in [9.17, 15) is 0 Å². The van der Waals surface area contributed by atoms with Gasteiger partial charge in [-0.05, 0) is 19.1 Å². The second-order valence-electron chi connectivity index (χ2n) is 3.46. The van der Waals surface area contributed by atoms with E-state index in [-0.39, 0.29) is 4.99 Å². The molecule has 0 fully saturated rings. The van der Waals surface area contributed by atoms with Crippen molar-refractivity contribution in [3.05, 3.63) is 42.1 Å². The zero-order valence-corrected chi connectivity index (χ0v) is 10.0. The molecule has 0 amide bonds. The Kier molecular flexibility index (Phi) is 3.24. The Morgan fingerprint density at radius 3 is 2.53 bits per heavy atom. The molecule has 0 bridgehead atoms. The summed E-state index contributed by atoms with van der Waals surface area (Å²) in [6.45, 7) is 1.93. The highest BCUT2D eigenvalue weighted by Crippen LogP contribution is 2.12. The van der Waals surface area contributed by atoms with Crippen LogP contribution in [0.1, 0.15) is 11.4 Å². The molecule has 0 aromatic carbocycles. The van der Waals surface area contributed by atoms with Crippen LogP contribution in [0.15, 0.2) is 30.7 Å². The van der Waals surface area contributed by atoms with E-state index in [4.69, 9.17) is 18.0 Å². The van der Waals surface area contributed by atoms with Gasteiger partial charge in [0.15, 0.2) is 0 Å². The normalized spacial score (nSPS) is 9.94. The van der Waals surface area contributed by atoms with E-state index in [2.05, 4.69) is 20.3 Å². The van der Waals surface area contributed by atoms with E-state index >= 15 is 0 Å². The van der Waals surface area contributed by atoms with Gasteiger partial charge in [-0.15, -0.1) is 0 Å². The van der Waals surface area contributed by atoms with E-state index < -0.39 is 0 Å². The molecule has 86 valence electrons. The van der Waals surface area contributed by atoms with E-state index in [0.29, 0.717) is 11.5 Å². The summed E-state index contributed by atoms with van der Waals surface area (Å²) in [6.07, 6.45) is 4.85. The lowest BCUT2D eigenvalue weighted by atomic mass is 10.3. The number of thiocarbonyl (C=S) groups is 1. The van der Waals surface area contributed by atoms with Crippen LogP contribution in [-0.2, 0) is 0 Å². The monoisotopic (exact) mass is 245 g/mol. The van der Waals surface area contributed by atoms with Crippen molar-refractivity contribution in [2.75, 3.05) is 5.32 Å². The highest BCUT2D eigenvalue weighted by atomic mass is 32.1. The molecule has 0 aliphatic rings. The molecule has 0 unspecified atom stereocenters. The maximum absolute atomic E-state index is 5.43. The molecule has 0 saturated heterocycles. The smallest absolute Gasteiger partial charge is 0.148 e. The second-order valence-corrected chi connectivity index (χ2v) is 3.90. The minimum Gasteiger partial charge on any atom is -0.388 e. The lowest BCUT2D eigenvalue weighted by Crippen LogP contribution is -2.12. The third kappa shape index (κ3) is 2.94. The van der Waals surface area contributed by atoms with Crippen LogP contribution in [0.4, 0.5) is 11.5 Å². The fourth-order valence-electron chi connectivity index (χ4n) is 1.21. The molecule has 0 aliphatic heterocycles. The van der Waals surface area contributed by atoms with Gasteiger partial charge in [0.2, 0.25) is 0 Å². The van der Waals surface area contributed by atoms with E-state index in [1.807, 2.05) is 19.1 Å². The summed E-state index contributed by atoms with van der Waals surface area (Å²) < 4.78 is 0. The molecule has 0 radical (unpaired) electrons. The van der Waals surface area contributed by atoms with Crippen molar-refractivity contribution in [2.24, 2.45) is 5.73 Å². The summed E-state index contributed by atoms with van der Waals surface area (Å²) in [5.41, 5.74) is 7.76. The number of rotatable bonds is 3. The van der Waals surface area contributed by atoms with Gasteiger partial charge in [0.05, 0.1) is 24.3 Å². The molecule has 0 aliphatic carbocycles. The quantitative estimate of drug-likeness (QED) is 0.799. The molecule has 0 saturated carbocycles. The topological polar surface area (TPSA) is 76.7 Å². The molecule has 3 N–H and O–H groups in total. The number of hydrogen-bond donors (Lipinski definition) is 2. The second kappa shape index (κ2) is 4.84. The molecule has 0 atom stereocenters. The van der Waals surface area contributed by atoms with Crippen LogP contribution in [0.3, 0.4) is 0 Å². The number of hydrogen-bond acceptors (Lipinski definition) is 5. The van der Waals surface area contributed by atoms with Crippen LogP contribution >= 0.6 is 12.2 Å². The number of aromatic nitrogens is 3. The summed E-state index contributed by atoms with van der Waals surface area (Å²) in [6, 6.07) is 3.84. The average Bonchev–Trinajstić information content (AvgIpc) is 2.33. The lowest BCUT2D eigenvalue weighted by molar-refractivity contribution is 1.16. The molecular formula is C11H11N5S. The van der Waals surface area contributed by atoms with E-state index in [0.717, 1.165) is 11.4 Å². The lowest BCUT2D eigenvalue weighted by Gasteiger charge is -2.05. The number of nitrogens with one attached hydrogen (secondary N) is 1. The van der Waals surface area contributed by atoms with Gasteiger partial charge in [-0.2, -0.15) is 0 Å². The Morgan fingerprint density at radius 1 is 1.18 bits per heavy atom. The maximum Gasteiger partial charge on any atom is 0.148 e. The number of aryl methyl sites for hydroxylation is 1. The number of anilines is 2. The molecule has 5 nitrogen and oxygen atoms in total. The molecule has 17 heavy (non-hydrogen) atoms. The standard InChI is InChI=1S/C11H11N5S/c1-7-2-3-8(4-13-7)16-10-6-14-9(5-15-10)11(12)17/h2-6H,1H3,(H2,12,17)(H,15,16). The van der Waals surface area contributed by atoms with Crippen molar-refractivity contribution in [3.63, 3.8) is 0 Å². The molecule has 2 aromatic heterocycles. The van der Waals surface area contributed by atoms with Gasteiger partial charge in [-0.25, -0.2) is 9.97 Å². The molecule has 2 aromatic rings. The summed E-state index contributed by atoms with van der Waals surface area (Å²) in [5.74, 6) is 0.621. The minimum absolute atomic E-state index is 0.237. The highest BCUT2D eigenvalue weighted by molar-refractivity contribution is 7.80. The number of nitrogens with two attached hydrogens (primary N) is 1. The summed E-state index contributed by atoms with van der Waals surface area (Å²) in [7, 11) is 0. The Hall–Kier alpha value is -2.08. The predicted octanol–water partition coefficient (Wildman–Crippen LogP) is 1.56. The van der Waals surface area contributed by atoms with Crippen molar-refractivity contribution in [3.8, 4) is 0 Å². The zero-order chi connectivity index (χ0) is 12.3. The first-order chi connectivity index (χ1) is 8.15. The van der Waals surface area contributed by atoms with Gasteiger partial charge in [-0.3, -0.25) is 4.98 Å². The Morgan fingerprint density at radius 2 is 2.00 bits per heavy atom. The first-order valence-corrected chi connectivity index (χ1v) is 5.37. The fourth-order valence-corrected chi connectivity index (χ4v) is 1.31. The van der Waals surface area contributed by atoms with Gasteiger partial charge in [0.25, 0.3) is 0 Å². The average molecular weight is 245 g/mol. The molecule has 2 heterocycles. The largest absolute Gasteiger partial charge is 0.388 e. The van der Waals surface area contributed by atoms with Crippen molar-refractivity contribution >= 4 is 28.7 Å². The van der Waals surface area contributed by atoms with Crippen LogP contribution in [-0.4, -0.2) is 19.9 Å². The van der Waals surface area contributed by atoms with E-state index in [1.165, 1.54) is 6.20 Å². The van der Waals surface area contributed by atoms with Crippen molar-refractivity contribution < 1.29 is 0 Å². The Balaban J connectivity index is 2.13. The third-order valence-electron chi connectivity index (χ3n) is 2.09. The molecule has 6 heteroatoms. The summed E-state index contributed by atoms with van der Waals surface area (Å²) >= 11 is 4.79. The van der Waals surface area contributed by atoms with Crippen LogP contribution < -0.4 is 11.1 Å². The van der Waals surface area contributed by atoms with Crippen LogP contribution in [0, 0.1) is 6.92 Å². The highest BCUT2D eigenvalue weighted by Gasteiger charge is 2.00. The van der Waals surface area contributed by atoms with Crippen molar-refractivity contribution in [1.82, 2.24) is 15.0 Å². The van der Waals surface area contributed by atoms with Crippen LogP contribution in [0.5, 0.6) is 0 Å². The zero-order valence-electron chi connectivity index (χ0n) is 9.21. The van der Waals surface area contributed by atoms with E-state index in [1.54, 1.807) is 12.4 Å². The maximum atomic E-state index is 5.43. The number of nitrogens with zero attached hydrogens (tertiary/aromatic N) is 3. The van der Waals surface area contributed by atoms with Crippen molar-refractivity contribution in [1.29, 1.82) is 0 Å². The first-order valence-electron chi connectivity index (χ1n) is 4.96. The number of pyridine rings is 1.